The molecule has 2 aliphatic heterocycles. The second-order valence-corrected chi connectivity index (χ2v) is 21.5. The summed E-state index contributed by atoms with van der Waals surface area (Å²) in [5, 5.41) is 20.3. The van der Waals surface area contributed by atoms with Gasteiger partial charge < -0.3 is 55.5 Å². The van der Waals surface area contributed by atoms with Crippen LogP contribution in [-0.4, -0.2) is 101 Å². The lowest BCUT2D eigenvalue weighted by Gasteiger charge is -2.37. The number of fused-ring (bicyclic) bond motifs is 8. The molecular formula is C57H55N15O11S2. The van der Waals surface area contributed by atoms with Crippen molar-refractivity contribution in [3.63, 3.8) is 0 Å². The number of primary amides is 1. The number of carbonyl (C=O) groups excluding carboxylic acids is 6. The van der Waals surface area contributed by atoms with Gasteiger partial charge in [-0.1, -0.05) is 6.07 Å². The second-order valence-electron chi connectivity index (χ2n) is 20.0. The molecule has 11 rings (SSSR count). The molecule has 4 aromatic heterocycles. The summed E-state index contributed by atoms with van der Waals surface area (Å²) in [7, 11) is 0. The van der Waals surface area contributed by atoms with Crippen LogP contribution >= 0.6 is 12.0 Å². The molecule has 0 saturated heterocycles. The number of hydrogen-bond donors (Lipinski definition) is 9. The monoisotopic (exact) mass is 1190 g/mol. The zero-order chi connectivity index (χ0) is 60.2. The minimum Gasteiger partial charge on any atom is -0.454 e. The van der Waals surface area contributed by atoms with E-state index < -0.39 is 52.2 Å². The Labute approximate surface area is 489 Å². The Hall–Kier alpha value is -9.90. The molecule has 12 N–H and O–H groups in total. The van der Waals surface area contributed by atoms with Gasteiger partial charge in [0.25, 0.3) is 23.6 Å². The number of nitrogens with one attached hydrogen (secondary N) is 4. The summed E-state index contributed by atoms with van der Waals surface area (Å²) in [6.45, 7) is 8.96. The van der Waals surface area contributed by atoms with Crippen molar-refractivity contribution in [1.82, 2.24) is 49.3 Å². The van der Waals surface area contributed by atoms with Gasteiger partial charge >= 0.3 is 5.97 Å². The highest BCUT2D eigenvalue weighted by atomic mass is 32.2. The lowest BCUT2D eigenvalue weighted by atomic mass is 9.77. The van der Waals surface area contributed by atoms with Gasteiger partial charge in [-0.25, -0.2) is 19.0 Å². The fourth-order valence-corrected chi connectivity index (χ4v) is 11.8. The predicted octanol–water partition coefficient (Wildman–Crippen LogP) is 6.56. The number of unbranched alkanes of at least 4 members (excludes halogenated alkanes) is 1. The fourth-order valence-electron chi connectivity index (χ4n) is 10.8. The predicted molar refractivity (Wildman–Crippen MR) is 314 cm³/mol. The van der Waals surface area contributed by atoms with Crippen LogP contribution in [0.4, 0.5) is 23.3 Å². The van der Waals surface area contributed by atoms with E-state index >= 15 is 0 Å². The van der Waals surface area contributed by atoms with E-state index in [2.05, 4.69) is 31.5 Å². The van der Waals surface area contributed by atoms with Crippen molar-refractivity contribution >= 4 is 104 Å². The standard InChI is InChI=1S/C57H55N15O11S2/c1-5-71-43(23-28(3)67-71)52(76)65-55-63-39-26-30(49(60)73)10-17-41(39)69(55)21-7-8-22-70-42-18-11-32(27-40(42)64-56(70)66-53(77)44-24-29(4)68-72(44)6-2)51(75)62-20-19-61-50(74)31-9-12-34-33(25-31)54(78)83-57(34)35-13-15-37(58)47(84-79)45(35)82-46-36(57)14-16-38(59)48(46)85(80)81/h9-18,23-27,79H,5-8,19-22,58-59H2,1-4H3,(H2,60,73)(H,61,74)(H,62,75)(H,80,81)(H,63,65,76)(H,64,66,77). The van der Waals surface area contributed by atoms with Crippen molar-refractivity contribution in [2.45, 2.75) is 82.1 Å². The smallest absolute Gasteiger partial charge is 0.340 e. The fraction of sp³-hybridized carbons (Fsp3) is 0.228. The number of nitrogen functional groups attached to an aromatic ring is 2. The number of anilines is 4. The minimum absolute atomic E-state index is 0.00832. The van der Waals surface area contributed by atoms with Gasteiger partial charge in [-0.3, -0.25) is 44.0 Å². The van der Waals surface area contributed by atoms with Gasteiger partial charge in [0, 0.05) is 84.7 Å². The summed E-state index contributed by atoms with van der Waals surface area (Å²) < 4.78 is 52.5. The Morgan fingerprint density at radius 1 is 0.659 bits per heavy atom. The first kappa shape index (κ1) is 56.9. The molecule has 0 bridgehead atoms. The number of hydrogen-bond acceptors (Lipinski definition) is 17. The Morgan fingerprint density at radius 2 is 1.15 bits per heavy atom. The third kappa shape index (κ3) is 10.2. The van der Waals surface area contributed by atoms with Crippen molar-refractivity contribution in [2.24, 2.45) is 5.73 Å². The third-order valence-electron chi connectivity index (χ3n) is 14.7. The van der Waals surface area contributed by atoms with E-state index in [0.717, 1.165) is 0 Å². The number of aromatic nitrogens is 8. The summed E-state index contributed by atoms with van der Waals surface area (Å²) >= 11 is -2.39. The van der Waals surface area contributed by atoms with Crippen molar-refractivity contribution in [1.29, 1.82) is 0 Å². The molecule has 0 radical (unpaired) electrons. The summed E-state index contributed by atoms with van der Waals surface area (Å²) in [5.74, 6) is -3.07. The van der Waals surface area contributed by atoms with Gasteiger partial charge in [0.1, 0.15) is 21.2 Å². The number of imidazole rings is 2. The maximum atomic E-state index is 13.9. The van der Waals surface area contributed by atoms with Crippen molar-refractivity contribution in [3.05, 3.63) is 153 Å². The molecule has 0 aliphatic carbocycles. The van der Waals surface area contributed by atoms with Crippen LogP contribution in [0.5, 0.6) is 11.5 Å². The molecule has 26 nitrogen and oxygen atoms in total. The zero-order valence-corrected chi connectivity index (χ0v) is 47.6. The molecule has 9 aromatic rings. The maximum absolute atomic E-state index is 13.9. The molecule has 6 heterocycles. The lowest BCUT2D eigenvalue weighted by Crippen LogP contribution is -2.35. The first-order valence-electron chi connectivity index (χ1n) is 26.8. The van der Waals surface area contributed by atoms with Gasteiger partial charge in [0.2, 0.25) is 17.8 Å². The summed E-state index contributed by atoms with van der Waals surface area (Å²) in [4.78, 5) is 90.1. The van der Waals surface area contributed by atoms with Crippen LogP contribution in [0, 0.1) is 13.8 Å². The van der Waals surface area contributed by atoms with E-state index in [1.54, 1.807) is 77.8 Å². The van der Waals surface area contributed by atoms with Crippen LogP contribution in [0.15, 0.2) is 101 Å². The second kappa shape index (κ2) is 22.7. The average Bonchev–Trinajstić information content (AvgIpc) is 1.72. The Balaban J connectivity index is 0.794. The van der Waals surface area contributed by atoms with Crippen LogP contribution in [0.25, 0.3) is 22.1 Å². The zero-order valence-electron chi connectivity index (χ0n) is 46.0. The summed E-state index contributed by atoms with van der Waals surface area (Å²) in [5.41, 5.74) is 21.6. The largest absolute Gasteiger partial charge is 0.454 e. The number of nitrogens with two attached hydrogens (primary N) is 3. The van der Waals surface area contributed by atoms with Gasteiger partial charge in [0.05, 0.1) is 50.4 Å². The highest BCUT2D eigenvalue weighted by Crippen LogP contribution is 2.60. The average molecular weight is 1190 g/mol. The highest BCUT2D eigenvalue weighted by Gasteiger charge is 2.55. The normalized spacial score (nSPS) is 14.4. The van der Waals surface area contributed by atoms with Gasteiger partial charge in [-0.05, 0) is 125 Å². The number of esters is 1. The molecule has 2 aliphatic rings. The van der Waals surface area contributed by atoms with E-state index in [9.17, 15) is 42.1 Å². The molecule has 0 fully saturated rings. The molecule has 5 aromatic carbocycles. The van der Waals surface area contributed by atoms with Crippen molar-refractivity contribution < 1.29 is 51.6 Å². The van der Waals surface area contributed by atoms with Crippen LogP contribution in [0.2, 0.25) is 0 Å². The molecule has 2 atom stereocenters. The van der Waals surface area contributed by atoms with Crippen molar-refractivity contribution in [3.8, 4) is 11.5 Å². The Kier molecular flexibility index (Phi) is 15.2. The van der Waals surface area contributed by atoms with E-state index in [4.69, 9.17) is 36.6 Å². The molecular weight excluding hydrogens is 1130 g/mol. The number of aryl methyl sites for hydroxylation is 6. The molecule has 85 heavy (non-hydrogen) atoms. The third-order valence-corrected chi connectivity index (χ3v) is 16.1. The highest BCUT2D eigenvalue weighted by molar-refractivity contribution is 7.94. The van der Waals surface area contributed by atoms with E-state index in [1.165, 1.54) is 36.4 Å². The van der Waals surface area contributed by atoms with Crippen LogP contribution in [-0.2, 0) is 47.6 Å². The van der Waals surface area contributed by atoms with Crippen LogP contribution in [0.1, 0.15) is 117 Å². The topological polar surface area (TPSA) is 376 Å². The summed E-state index contributed by atoms with van der Waals surface area (Å²) in [6.07, 6.45) is 1.07. The number of carbonyl (C=O) groups is 6. The van der Waals surface area contributed by atoms with E-state index in [0.29, 0.717) is 83.9 Å². The van der Waals surface area contributed by atoms with Crippen molar-refractivity contribution in [2.75, 3.05) is 35.2 Å². The van der Waals surface area contributed by atoms with Gasteiger partial charge in [-0.15, -0.1) is 0 Å². The van der Waals surface area contributed by atoms with Gasteiger partial charge in [-0.2, -0.15) is 10.2 Å². The SMILES string of the molecule is CCn1nc(C)cc1C(=O)Nc1nc2cc(C(N)=O)ccc2n1CCCCn1c(NC(=O)c2cc(C)nn2CC)nc2cc(C(=O)NCCNC(=O)c3ccc4c(c3)C(=O)OC43c4ccc(N)c(SO)c4Oc4c3ccc(N)c4S(=O)O)ccc21. The Morgan fingerprint density at radius 3 is 1.68 bits per heavy atom. The minimum atomic E-state index is -2.67. The molecule has 5 amide bonds. The van der Waals surface area contributed by atoms with Crippen LogP contribution < -0.4 is 43.2 Å². The number of amides is 5. The quantitative estimate of drug-likeness (QED) is 0.0136. The molecule has 436 valence electrons. The number of benzene rings is 5. The number of nitrogens with zero attached hydrogens (tertiary/aromatic N) is 8. The van der Waals surface area contributed by atoms with E-state index in [-0.39, 0.29) is 109 Å². The Bertz CT molecular complexity index is 4320. The maximum Gasteiger partial charge on any atom is 0.340 e. The number of ether oxygens (including phenoxy) is 2. The lowest BCUT2D eigenvalue weighted by molar-refractivity contribution is 0.0220. The number of rotatable bonds is 19. The van der Waals surface area contributed by atoms with Crippen LogP contribution in [0.3, 0.4) is 0 Å². The first-order valence-corrected chi connectivity index (χ1v) is 28.6. The summed E-state index contributed by atoms with van der Waals surface area (Å²) in [6, 6.07) is 23.5. The molecule has 1 spiro atoms. The molecule has 28 heteroatoms. The van der Waals surface area contributed by atoms with Gasteiger partial charge in [0.15, 0.2) is 28.2 Å². The van der Waals surface area contributed by atoms with E-state index in [1.807, 2.05) is 23.0 Å². The first-order chi connectivity index (χ1) is 40.8. The molecule has 2 unspecified atom stereocenters. The molecule has 0 saturated carbocycles.